The summed E-state index contributed by atoms with van der Waals surface area (Å²) in [5.74, 6) is 6.34. The summed E-state index contributed by atoms with van der Waals surface area (Å²) in [6.07, 6.45) is 11.2. The molecule has 0 bridgehead atoms. The fraction of sp³-hybridized carbons (Fsp3) is 0.423. The molecule has 0 saturated carbocycles. The number of anilines is 2. The Morgan fingerprint density at radius 1 is 0.475 bits per heavy atom. The molecule has 0 unspecified atom stereocenters. The summed E-state index contributed by atoms with van der Waals surface area (Å²) < 4.78 is 11.0. The molecule has 61 heavy (non-hydrogen) atoms. The van der Waals surface area contributed by atoms with E-state index in [1.165, 1.54) is 32.7 Å². The number of hydrogen-bond donors (Lipinski definition) is 2. The summed E-state index contributed by atoms with van der Waals surface area (Å²) >= 11 is 1.72. The molecule has 0 radical (unpaired) electrons. The number of aromatic nitrogens is 4. The summed E-state index contributed by atoms with van der Waals surface area (Å²) in [6.45, 7) is 29.4. The van der Waals surface area contributed by atoms with E-state index in [-0.39, 0.29) is 0 Å². The summed E-state index contributed by atoms with van der Waals surface area (Å²) in [4.78, 5) is 17.6. The predicted molar refractivity (Wildman–Crippen MR) is 260 cm³/mol. The lowest BCUT2D eigenvalue weighted by Crippen LogP contribution is -2.19. The van der Waals surface area contributed by atoms with Gasteiger partial charge in [-0.1, -0.05) is 126 Å². The van der Waals surface area contributed by atoms with Gasteiger partial charge in [0.2, 0.25) is 0 Å². The zero-order valence-electron chi connectivity index (χ0n) is 38.9. The van der Waals surface area contributed by atoms with Gasteiger partial charge in [0.1, 0.15) is 19.0 Å². The molecule has 2 aromatic carbocycles. The third-order valence-corrected chi connectivity index (χ3v) is 10.8. The Hall–Kier alpha value is -5.28. The van der Waals surface area contributed by atoms with Gasteiger partial charge in [-0.05, 0) is 99.7 Å². The van der Waals surface area contributed by atoms with Gasteiger partial charge < -0.3 is 20.1 Å². The Morgan fingerprint density at radius 3 is 1.54 bits per heavy atom. The van der Waals surface area contributed by atoms with E-state index in [1.807, 2.05) is 60.8 Å². The van der Waals surface area contributed by atoms with Gasteiger partial charge >= 0.3 is 0 Å². The van der Waals surface area contributed by atoms with Gasteiger partial charge in [0.15, 0.2) is 11.6 Å². The van der Waals surface area contributed by atoms with Gasteiger partial charge in [0.05, 0.1) is 17.7 Å². The highest BCUT2D eigenvalue weighted by atomic mass is 32.1. The summed E-state index contributed by atoms with van der Waals surface area (Å²) in [5.41, 5.74) is 9.62. The number of pyridine rings is 3. The number of nitrogens with one attached hydrogen (secondary N) is 2. The molecule has 0 spiro atoms. The second-order valence-corrected chi connectivity index (χ2v) is 17.6. The second kappa shape index (κ2) is 27.5. The SMILES string of the molecule is CC(C)c1ccc2c(c1)OCCN2.CC(C)c1ccccc1.CC(C)c1cccnc1.CC(C)c1ccncc1.CC(C)c1cnc2c(c1)OCCN2.CC(C)c1cncs1. The maximum absolute atomic E-state index is 5.55. The van der Waals surface area contributed by atoms with Crippen LogP contribution in [0.5, 0.6) is 11.5 Å². The number of nitrogens with zero attached hydrogens (tertiary/aromatic N) is 4. The molecule has 9 heteroatoms. The van der Waals surface area contributed by atoms with E-state index in [0.29, 0.717) is 35.5 Å². The van der Waals surface area contributed by atoms with Gasteiger partial charge in [-0.2, -0.15) is 0 Å². The maximum atomic E-state index is 5.55. The molecule has 0 amide bonds. The standard InChI is InChI=1S/C11H15NO.C10H14N2O.C9H12.2C8H11N.C6H9NS/c1-8(2)9-3-4-10-11(7-9)13-6-5-12-10;1-7(2)8-5-9-10(12-6-8)11-3-4-13-9;1-8(2)9-6-4-3-5-7-9;1-7(2)8-3-5-9-6-4-8;1-7(2)8-4-3-5-9-6-8;1-5(2)6-3-7-4-8-6/h3-4,7-8,12H,5-6H2,1-2H3;5-7H,3-4H2,1-2H3,(H,11,12);3-8H,1-2H3;2*3-7H,1-2H3;3-5H,1-2H3. The van der Waals surface area contributed by atoms with Crippen molar-refractivity contribution in [3.8, 4) is 11.5 Å². The molecule has 6 aromatic rings. The molecule has 8 rings (SSSR count). The van der Waals surface area contributed by atoms with Crippen molar-refractivity contribution in [3.63, 3.8) is 0 Å². The lowest BCUT2D eigenvalue weighted by atomic mass is 10.0. The van der Waals surface area contributed by atoms with Gasteiger partial charge in [0.25, 0.3) is 0 Å². The lowest BCUT2D eigenvalue weighted by Gasteiger charge is -2.20. The van der Waals surface area contributed by atoms with Crippen LogP contribution in [0.25, 0.3) is 0 Å². The van der Waals surface area contributed by atoms with Crippen LogP contribution in [-0.4, -0.2) is 46.2 Å². The Balaban J connectivity index is 0.000000197. The topological polar surface area (TPSA) is 94.1 Å². The number of hydrogen-bond acceptors (Lipinski definition) is 9. The van der Waals surface area contributed by atoms with E-state index >= 15 is 0 Å². The molecular weight excluding hydrogens is 773 g/mol. The Labute approximate surface area is 372 Å². The van der Waals surface area contributed by atoms with Crippen LogP contribution in [0.2, 0.25) is 0 Å². The van der Waals surface area contributed by atoms with E-state index in [2.05, 4.69) is 168 Å². The van der Waals surface area contributed by atoms with Crippen LogP contribution in [0.4, 0.5) is 11.5 Å². The highest BCUT2D eigenvalue weighted by Crippen LogP contribution is 2.31. The Bertz CT molecular complexity index is 1850. The van der Waals surface area contributed by atoms with Crippen LogP contribution >= 0.6 is 11.3 Å². The van der Waals surface area contributed by atoms with E-state index in [1.54, 1.807) is 17.5 Å². The van der Waals surface area contributed by atoms with Crippen molar-refractivity contribution in [1.29, 1.82) is 0 Å². The van der Waals surface area contributed by atoms with E-state index < -0.39 is 0 Å². The molecule has 8 nitrogen and oxygen atoms in total. The van der Waals surface area contributed by atoms with Crippen molar-refractivity contribution in [2.75, 3.05) is 36.9 Å². The minimum absolute atomic E-state index is 0.503. The molecule has 328 valence electrons. The zero-order valence-corrected chi connectivity index (χ0v) is 39.7. The highest BCUT2D eigenvalue weighted by Gasteiger charge is 2.13. The van der Waals surface area contributed by atoms with Crippen LogP contribution < -0.4 is 20.1 Å². The largest absolute Gasteiger partial charge is 0.490 e. The first-order valence-corrected chi connectivity index (χ1v) is 22.7. The number of thiazole rings is 1. The zero-order chi connectivity index (χ0) is 44.6. The van der Waals surface area contributed by atoms with Crippen molar-refractivity contribution in [2.24, 2.45) is 0 Å². The summed E-state index contributed by atoms with van der Waals surface area (Å²) in [6, 6.07) is 27.1. The molecule has 0 fully saturated rings. The Kier molecular flexibility index (Phi) is 22.6. The third-order valence-electron chi connectivity index (χ3n) is 9.75. The van der Waals surface area contributed by atoms with Crippen molar-refractivity contribution >= 4 is 22.8 Å². The van der Waals surface area contributed by atoms with Crippen LogP contribution in [0.3, 0.4) is 0 Å². The predicted octanol–water partition coefficient (Wildman–Crippen LogP) is 14.1. The number of benzene rings is 2. The van der Waals surface area contributed by atoms with Crippen molar-refractivity contribution in [2.45, 2.75) is 119 Å². The maximum Gasteiger partial charge on any atom is 0.168 e. The summed E-state index contributed by atoms with van der Waals surface area (Å²) in [7, 11) is 0. The number of ether oxygens (including phenoxy) is 2. The summed E-state index contributed by atoms with van der Waals surface area (Å²) in [5, 5.41) is 6.50. The van der Waals surface area contributed by atoms with Crippen LogP contribution in [0.1, 0.15) is 151 Å². The first-order valence-electron chi connectivity index (χ1n) is 21.9. The van der Waals surface area contributed by atoms with Gasteiger partial charge in [-0.25, -0.2) is 4.98 Å². The average Bonchev–Trinajstić information content (AvgIpc) is 3.84. The quantitative estimate of drug-likeness (QED) is 0.171. The van der Waals surface area contributed by atoms with E-state index in [4.69, 9.17) is 9.47 Å². The normalized spacial score (nSPS) is 12.1. The molecule has 0 aliphatic carbocycles. The lowest BCUT2D eigenvalue weighted by molar-refractivity contribution is 0.321. The Morgan fingerprint density at radius 2 is 1.05 bits per heavy atom. The number of rotatable bonds is 6. The molecule has 0 saturated heterocycles. The molecule has 2 N–H and O–H groups in total. The van der Waals surface area contributed by atoms with Crippen molar-refractivity contribution in [1.82, 2.24) is 19.9 Å². The molecular formula is C52H72N6O2S. The molecule has 2 aliphatic heterocycles. The van der Waals surface area contributed by atoms with Crippen molar-refractivity contribution < 1.29 is 9.47 Å². The second-order valence-electron chi connectivity index (χ2n) is 16.7. The molecule has 6 heterocycles. The minimum atomic E-state index is 0.503. The average molecular weight is 845 g/mol. The first kappa shape index (κ1) is 50.1. The minimum Gasteiger partial charge on any atom is -0.490 e. The number of fused-ring (bicyclic) bond motifs is 2. The van der Waals surface area contributed by atoms with Gasteiger partial charge in [-0.3, -0.25) is 15.0 Å². The van der Waals surface area contributed by atoms with Gasteiger partial charge in [0, 0.05) is 48.6 Å². The first-order chi connectivity index (χ1) is 29.3. The molecule has 4 aromatic heterocycles. The molecule has 2 aliphatic rings. The third kappa shape index (κ3) is 18.9. The van der Waals surface area contributed by atoms with Gasteiger partial charge in [-0.15, -0.1) is 11.3 Å². The van der Waals surface area contributed by atoms with E-state index in [9.17, 15) is 0 Å². The monoisotopic (exact) mass is 845 g/mol. The van der Waals surface area contributed by atoms with Crippen LogP contribution in [0.15, 0.2) is 122 Å². The van der Waals surface area contributed by atoms with E-state index in [0.717, 1.165) is 49.3 Å². The highest BCUT2D eigenvalue weighted by molar-refractivity contribution is 7.09. The smallest absolute Gasteiger partial charge is 0.168 e. The molecule has 0 atom stereocenters. The van der Waals surface area contributed by atoms with Crippen molar-refractivity contribution in [3.05, 3.63) is 154 Å². The van der Waals surface area contributed by atoms with Crippen LogP contribution in [0, 0.1) is 0 Å². The fourth-order valence-electron chi connectivity index (χ4n) is 5.67. The fourth-order valence-corrected chi connectivity index (χ4v) is 6.31. The van der Waals surface area contributed by atoms with Crippen LogP contribution in [-0.2, 0) is 0 Å².